The molecular formula is C24H29IN3S2+. The number of quaternary nitrogens is 1. The molecule has 4 rings (SSSR count). The smallest absolute Gasteiger partial charge is 0.213 e. The molecule has 0 radical (unpaired) electrons. The van der Waals surface area contributed by atoms with E-state index in [4.69, 9.17) is 0 Å². The van der Waals surface area contributed by atoms with Gasteiger partial charge >= 0.3 is 0 Å². The zero-order valence-electron chi connectivity index (χ0n) is 17.6. The van der Waals surface area contributed by atoms with Gasteiger partial charge in [-0.2, -0.15) is 16.3 Å². The zero-order chi connectivity index (χ0) is 20.2. The number of hydrogen-bond acceptors (Lipinski definition) is 3. The van der Waals surface area contributed by atoms with Crippen LogP contribution < -0.4 is 39.2 Å². The molecule has 158 valence electrons. The number of benzene rings is 2. The summed E-state index contributed by atoms with van der Waals surface area (Å²) in [6.45, 7) is 3.23. The molecule has 0 saturated carbocycles. The maximum atomic E-state index is 4.07. The molecule has 0 aliphatic carbocycles. The van der Waals surface area contributed by atoms with Crippen molar-refractivity contribution in [1.82, 2.24) is 0 Å². The monoisotopic (exact) mass is 550 g/mol. The molecule has 2 aromatic carbocycles. The molecule has 0 saturated heterocycles. The van der Waals surface area contributed by atoms with Gasteiger partial charge in [-0.3, -0.25) is 0 Å². The summed E-state index contributed by atoms with van der Waals surface area (Å²) in [6, 6.07) is 20.1. The predicted molar refractivity (Wildman–Crippen MR) is 127 cm³/mol. The zero-order valence-corrected chi connectivity index (χ0v) is 21.3. The van der Waals surface area contributed by atoms with E-state index in [1.807, 2.05) is 23.5 Å². The van der Waals surface area contributed by atoms with Crippen molar-refractivity contribution in [2.75, 3.05) is 23.5 Å². The molecule has 0 amide bonds. The lowest BCUT2D eigenvalue weighted by molar-refractivity contribution is -0.671. The maximum absolute atomic E-state index is 4.07. The molecule has 3 aromatic rings. The largest absolute Gasteiger partial charge is 1.00 e. The van der Waals surface area contributed by atoms with Gasteiger partial charge in [0, 0.05) is 36.2 Å². The number of halogens is 1. The van der Waals surface area contributed by atoms with E-state index in [0.717, 1.165) is 12.3 Å². The van der Waals surface area contributed by atoms with Gasteiger partial charge in [-0.15, -0.1) is 0 Å². The molecule has 0 spiro atoms. The van der Waals surface area contributed by atoms with E-state index in [9.17, 15) is 0 Å². The van der Waals surface area contributed by atoms with Gasteiger partial charge in [-0.1, -0.05) is 36.0 Å². The number of nitrogens with zero attached hydrogens (tertiary/aromatic N) is 2. The van der Waals surface area contributed by atoms with E-state index in [1.165, 1.54) is 44.3 Å². The van der Waals surface area contributed by atoms with Gasteiger partial charge in [0.25, 0.3) is 0 Å². The highest BCUT2D eigenvalue weighted by atomic mass is 127. The standard InChI is InChI=1S/C24H28N3S2.HI/c1-18(25)17-28-15-7-13-27-14-12-19(20-8-3-4-9-21(20)27)16-24-26(2)22-10-5-6-11-23(22)29-24;/h3-6,8-12,14,16,18H,7,13,15,17,25H2,1-2H3;1H/q+1;. The summed E-state index contributed by atoms with van der Waals surface area (Å²) in [6.07, 6.45) is 5.75. The Hall–Kier alpha value is -1.22. The summed E-state index contributed by atoms with van der Waals surface area (Å²) in [5, 5.41) is 2.58. The van der Waals surface area contributed by atoms with Crippen LogP contribution in [0.1, 0.15) is 18.9 Å². The molecule has 1 aromatic heterocycles. The van der Waals surface area contributed by atoms with Crippen LogP contribution in [0.5, 0.6) is 0 Å². The highest BCUT2D eigenvalue weighted by molar-refractivity contribution is 8.03. The van der Waals surface area contributed by atoms with E-state index >= 15 is 0 Å². The highest BCUT2D eigenvalue weighted by Crippen LogP contribution is 2.45. The molecule has 3 nitrogen and oxygen atoms in total. The summed E-state index contributed by atoms with van der Waals surface area (Å²) in [4.78, 5) is 3.61. The summed E-state index contributed by atoms with van der Waals surface area (Å²) in [5.74, 6) is 2.33. The second kappa shape index (κ2) is 10.9. The van der Waals surface area contributed by atoms with Crippen LogP contribution in [-0.2, 0) is 6.54 Å². The number of fused-ring (bicyclic) bond motifs is 2. The maximum Gasteiger partial charge on any atom is 0.213 e. The lowest BCUT2D eigenvalue weighted by Crippen LogP contribution is -3.00. The number of pyridine rings is 1. The minimum Gasteiger partial charge on any atom is -1.00 e. The van der Waals surface area contributed by atoms with Crippen molar-refractivity contribution in [1.29, 1.82) is 0 Å². The molecule has 3 N–H and O–H groups in total. The van der Waals surface area contributed by atoms with Crippen LogP contribution in [0.4, 0.5) is 5.69 Å². The van der Waals surface area contributed by atoms with Crippen molar-refractivity contribution >= 4 is 46.2 Å². The lowest BCUT2D eigenvalue weighted by atomic mass is 10.1. The number of aryl methyl sites for hydroxylation is 1. The lowest BCUT2D eigenvalue weighted by Gasteiger charge is -2.13. The summed E-state index contributed by atoms with van der Waals surface area (Å²) in [5.41, 5.74) is 7.94. The fraction of sp³-hybridized carbons (Fsp3) is 0.292. The first-order valence-electron chi connectivity index (χ1n) is 10.2. The average molecular weight is 551 g/mol. The van der Waals surface area contributed by atoms with Crippen LogP contribution in [0, 0.1) is 0 Å². The second-order valence-electron chi connectivity index (χ2n) is 7.63. The first-order valence-corrected chi connectivity index (χ1v) is 12.1. The SMILES string of the molecule is CC([NH3+])CSCCC[n+]1ccc(C=C2Sc3ccccc3N2C)c2ccccc21.[I-]. The van der Waals surface area contributed by atoms with Crippen LogP contribution in [0.15, 0.2) is 70.7 Å². The van der Waals surface area contributed by atoms with Gasteiger partial charge in [0.05, 0.1) is 22.1 Å². The molecule has 0 bridgehead atoms. The Balaban J connectivity index is 0.00000256. The van der Waals surface area contributed by atoms with Crippen LogP contribution >= 0.6 is 23.5 Å². The quantitative estimate of drug-likeness (QED) is 0.275. The fourth-order valence-electron chi connectivity index (χ4n) is 3.63. The molecule has 1 unspecified atom stereocenters. The molecule has 30 heavy (non-hydrogen) atoms. The van der Waals surface area contributed by atoms with E-state index in [2.05, 4.69) is 96.0 Å². The normalized spacial score (nSPS) is 15.3. The first-order chi connectivity index (χ1) is 14.1. The van der Waals surface area contributed by atoms with E-state index in [0.29, 0.717) is 6.04 Å². The third-order valence-corrected chi connectivity index (χ3v) is 7.65. The van der Waals surface area contributed by atoms with Crippen LogP contribution in [-0.4, -0.2) is 24.6 Å². The first kappa shape index (κ1) is 23.4. The van der Waals surface area contributed by atoms with Gasteiger partial charge in [0.1, 0.15) is 6.54 Å². The number of hydrogen-bond donors (Lipinski definition) is 1. The van der Waals surface area contributed by atoms with Crippen molar-refractivity contribution in [2.45, 2.75) is 30.8 Å². The Kier molecular flexibility index (Phi) is 8.51. The molecule has 1 atom stereocenters. The van der Waals surface area contributed by atoms with Gasteiger partial charge in [-0.05, 0) is 42.5 Å². The van der Waals surface area contributed by atoms with E-state index in [-0.39, 0.29) is 24.0 Å². The Morgan fingerprint density at radius 1 is 1.13 bits per heavy atom. The Morgan fingerprint density at radius 2 is 1.90 bits per heavy atom. The molecule has 1 aliphatic rings. The third kappa shape index (κ3) is 5.33. The van der Waals surface area contributed by atoms with Crippen molar-refractivity contribution in [2.24, 2.45) is 0 Å². The third-order valence-electron chi connectivity index (χ3n) is 5.10. The van der Waals surface area contributed by atoms with Crippen molar-refractivity contribution in [3.05, 3.63) is 71.4 Å². The van der Waals surface area contributed by atoms with Gasteiger partial charge in [0.2, 0.25) is 5.52 Å². The summed E-state index contributed by atoms with van der Waals surface area (Å²) >= 11 is 3.86. The fourth-order valence-corrected chi connectivity index (χ4v) is 5.64. The predicted octanol–water partition coefficient (Wildman–Crippen LogP) is 1.43. The Bertz CT molecular complexity index is 1040. The topological polar surface area (TPSA) is 34.8 Å². The number of aromatic nitrogens is 1. The molecule has 6 heteroatoms. The van der Waals surface area contributed by atoms with Crippen molar-refractivity contribution in [3.63, 3.8) is 0 Å². The molecular weight excluding hydrogens is 521 g/mol. The van der Waals surface area contributed by atoms with Crippen molar-refractivity contribution < 1.29 is 34.3 Å². The molecule has 1 aliphatic heterocycles. The minimum atomic E-state index is 0. The number of para-hydroxylation sites is 2. The van der Waals surface area contributed by atoms with Crippen molar-refractivity contribution in [3.8, 4) is 0 Å². The molecule has 0 fully saturated rings. The van der Waals surface area contributed by atoms with E-state index < -0.39 is 0 Å². The Labute approximate surface area is 205 Å². The molecule has 2 heterocycles. The number of anilines is 1. The highest BCUT2D eigenvalue weighted by Gasteiger charge is 2.22. The summed E-state index contributed by atoms with van der Waals surface area (Å²) < 4.78 is 2.39. The summed E-state index contributed by atoms with van der Waals surface area (Å²) in [7, 11) is 2.15. The van der Waals surface area contributed by atoms with E-state index in [1.54, 1.807) is 0 Å². The van der Waals surface area contributed by atoms with Crippen LogP contribution in [0.2, 0.25) is 0 Å². The second-order valence-corrected chi connectivity index (χ2v) is 9.84. The number of thioether (sulfide) groups is 2. The van der Waals surface area contributed by atoms with Gasteiger partial charge < -0.3 is 34.6 Å². The van der Waals surface area contributed by atoms with Gasteiger partial charge in [0.15, 0.2) is 6.20 Å². The Morgan fingerprint density at radius 3 is 2.70 bits per heavy atom. The number of rotatable bonds is 7. The van der Waals surface area contributed by atoms with Crippen LogP contribution in [0.3, 0.4) is 0 Å². The average Bonchev–Trinajstić information content (AvgIpc) is 3.04. The van der Waals surface area contributed by atoms with Crippen LogP contribution in [0.25, 0.3) is 17.0 Å². The minimum absolute atomic E-state index is 0. The van der Waals surface area contributed by atoms with Gasteiger partial charge in [-0.25, -0.2) is 0 Å².